The van der Waals surface area contributed by atoms with E-state index in [0.717, 1.165) is 16.7 Å². The molecular formula is C23H24O2. The normalized spacial score (nSPS) is 11.4. The number of phenols is 1. The maximum Gasteiger partial charge on any atom is 0.118 e. The molecule has 0 heterocycles. The lowest BCUT2D eigenvalue weighted by molar-refractivity contribution is 0.0321. The Morgan fingerprint density at radius 1 is 0.640 bits per heavy atom. The molecule has 25 heavy (non-hydrogen) atoms. The van der Waals surface area contributed by atoms with Gasteiger partial charge in [0.15, 0.2) is 0 Å². The van der Waals surface area contributed by atoms with Gasteiger partial charge < -0.3 is 10.2 Å². The van der Waals surface area contributed by atoms with Crippen molar-refractivity contribution >= 4 is 0 Å². The van der Waals surface area contributed by atoms with Crippen LogP contribution in [-0.2, 0) is 19.3 Å². The van der Waals surface area contributed by atoms with Gasteiger partial charge in [0.1, 0.15) is 5.75 Å². The first-order valence-corrected chi connectivity index (χ1v) is 8.72. The number of aromatic hydroxyl groups is 1. The highest BCUT2D eigenvalue weighted by Crippen LogP contribution is 2.27. The molecule has 0 spiro atoms. The first kappa shape index (κ1) is 17.2. The Morgan fingerprint density at radius 2 is 1.12 bits per heavy atom. The third-order valence-corrected chi connectivity index (χ3v) is 4.60. The van der Waals surface area contributed by atoms with E-state index in [2.05, 4.69) is 24.3 Å². The second kappa shape index (κ2) is 8.00. The monoisotopic (exact) mass is 332 g/mol. The van der Waals surface area contributed by atoms with E-state index in [-0.39, 0.29) is 0 Å². The van der Waals surface area contributed by atoms with Gasteiger partial charge >= 0.3 is 0 Å². The number of benzene rings is 3. The molecule has 0 aromatic heterocycles. The Morgan fingerprint density at radius 3 is 1.64 bits per heavy atom. The van der Waals surface area contributed by atoms with Crippen LogP contribution in [0.15, 0.2) is 84.9 Å². The number of para-hydroxylation sites is 1. The average Bonchev–Trinajstić information content (AvgIpc) is 2.63. The second-order valence-corrected chi connectivity index (χ2v) is 6.68. The molecule has 0 saturated heterocycles. The summed E-state index contributed by atoms with van der Waals surface area (Å²) in [7, 11) is 0. The highest BCUT2D eigenvalue weighted by molar-refractivity contribution is 5.32. The summed E-state index contributed by atoms with van der Waals surface area (Å²) in [6.45, 7) is 0. The minimum absolute atomic E-state index is 0.296. The van der Waals surface area contributed by atoms with Gasteiger partial charge in [-0.1, -0.05) is 78.9 Å². The zero-order chi connectivity index (χ0) is 17.5. The van der Waals surface area contributed by atoms with Gasteiger partial charge in [-0.3, -0.25) is 0 Å². The van der Waals surface area contributed by atoms with Gasteiger partial charge in [-0.25, -0.2) is 0 Å². The topological polar surface area (TPSA) is 40.5 Å². The molecule has 0 atom stereocenters. The first-order chi connectivity index (χ1) is 12.1. The molecule has 3 aromatic rings. The highest BCUT2D eigenvalue weighted by Gasteiger charge is 2.28. The van der Waals surface area contributed by atoms with Gasteiger partial charge in [-0.15, -0.1) is 0 Å². The van der Waals surface area contributed by atoms with Crippen LogP contribution in [0.25, 0.3) is 0 Å². The van der Waals surface area contributed by atoms with Crippen LogP contribution >= 0.6 is 0 Å². The Kier molecular flexibility index (Phi) is 5.52. The quantitative estimate of drug-likeness (QED) is 0.667. The Balaban J connectivity index is 1.79. The molecule has 0 unspecified atom stereocenters. The van der Waals surface area contributed by atoms with Crippen LogP contribution in [0.5, 0.6) is 5.75 Å². The SMILES string of the molecule is Oc1ccccc1CCC(O)(Cc1ccccc1)Cc1ccccc1. The van der Waals surface area contributed by atoms with Crippen LogP contribution < -0.4 is 0 Å². The highest BCUT2D eigenvalue weighted by atomic mass is 16.3. The summed E-state index contributed by atoms with van der Waals surface area (Å²) in [4.78, 5) is 0. The van der Waals surface area contributed by atoms with E-state index in [1.807, 2.05) is 54.6 Å². The lowest BCUT2D eigenvalue weighted by atomic mass is 9.83. The summed E-state index contributed by atoms with van der Waals surface area (Å²) < 4.78 is 0. The van der Waals surface area contributed by atoms with Crippen molar-refractivity contribution in [3.05, 3.63) is 102 Å². The van der Waals surface area contributed by atoms with Crippen molar-refractivity contribution in [3.8, 4) is 5.75 Å². The van der Waals surface area contributed by atoms with Gasteiger partial charge in [0.25, 0.3) is 0 Å². The zero-order valence-corrected chi connectivity index (χ0v) is 14.3. The van der Waals surface area contributed by atoms with E-state index in [1.165, 1.54) is 0 Å². The minimum Gasteiger partial charge on any atom is -0.508 e. The summed E-state index contributed by atoms with van der Waals surface area (Å²) in [5.74, 6) is 0.296. The fourth-order valence-electron chi connectivity index (χ4n) is 3.28. The maximum absolute atomic E-state index is 11.4. The van der Waals surface area contributed by atoms with E-state index < -0.39 is 5.60 Å². The number of rotatable bonds is 7. The number of aryl methyl sites for hydroxylation is 1. The molecule has 0 amide bonds. The van der Waals surface area contributed by atoms with Crippen LogP contribution in [0.4, 0.5) is 0 Å². The molecule has 128 valence electrons. The van der Waals surface area contributed by atoms with E-state index in [9.17, 15) is 10.2 Å². The molecule has 3 aromatic carbocycles. The second-order valence-electron chi connectivity index (χ2n) is 6.68. The van der Waals surface area contributed by atoms with Crippen molar-refractivity contribution in [2.75, 3.05) is 0 Å². The number of hydrogen-bond donors (Lipinski definition) is 2. The third kappa shape index (κ3) is 4.94. The molecule has 0 aliphatic heterocycles. The maximum atomic E-state index is 11.4. The summed E-state index contributed by atoms with van der Waals surface area (Å²) in [5, 5.41) is 21.4. The predicted molar refractivity (Wildman–Crippen MR) is 102 cm³/mol. The predicted octanol–water partition coefficient (Wildman–Crippen LogP) is 4.54. The number of phenolic OH excluding ortho intramolecular Hbond substituents is 1. The van der Waals surface area contributed by atoms with Crippen molar-refractivity contribution in [1.29, 1.82) is 0 Å². The molecule has 0 bridgehead atoms. The molecule has 2 N–H and O–H groups in total. The largest absolute Gasteiger partial charge is 0.508 e. The van der Waals surface area contributed by atoms with Crippen molar-refractivity contribution in [3.63, 3.8) is 0 Å². The van der Waals surface area contributed by atoms with Crippen molar-refractivity contribution in [2.45, 2.75) is 31.3 Å². The summed E-state index contributed by atoms with van der Waals surface area (Å²) in [5.41, 5.74) is 2.27. The van der Waals surface area contributed by atoms with E-state index in [4.69, 9.17) is 0 Å². The van der Waals surface area contributed by atoms with E-state index in [0.29, 0.717) is 31.4 Å². The standard InChI is InChI=1S/C23H24O2/c24-22-14-8-7-13-21(22)15-16-23(25,17-19-9-3-1-4-10-19)18-20-11-5-2-6-12-20/h1-14,24-25H,15-18H2. The van der Waals surface area contributed by atoms with Crippen molar-refractivity contribution in [2.24, 2.45) is 0 Å². The zero-order valence-electron chi connectivity index (χ0n) is 14.3. The summed E-state index contributed by atoms with van der Waals surface area (Å²) >= 11 is 0. The molecule has 0 saturated carbocycles. The molecule has 0 fully saturated rings. The fourth-order valence-corrected chi connectivity index (χ4v) is 3.28. The molecule has 2 nitrogen and oxygen atoms in total. The van der Waals surface area contributed by atoms with Crippen molar-refractivity contribution in [1.82, 2.24) is 0 Å². The van der Waals surface area contributed by atoms with Crippen LogP contribution in [0.3, 0.4) is 0 Å². The van der Waals surface area contributed by atoms with Gasteiger partial charge in [-0.05, 0) is 35.6 Å². The van der Waals surface area contributed by atoms with E-state index in [1.54, 1.807) is 6.07 Å². The van der Waals surface area contributed by atoms with Gasteiger partial charge in [0, 0.05) is 12.8 Å². The minimum atomic E-state index is -0.856. The summed E-state index contributed by atoms with van der Waals surface area (Å²) in [6, 6.07) is 27.5. The van der Waals surface area contributed by atoms with Crippen molar-refractivity contribution < 1.29 is 10.2 Å². The fraction of sp³-hybridized carbons (Fsp3) is 0.217. The Labute approximate surface area is 149 Å². The summed E-state index contributed by atoms with van der Waals surface area (Å²) in [6.07, 6.45) is 2.42. The van der Waals surface area contributed by atoms with Gasteiger partial charge in [0.05, 0.1) is 5.60 Å². The average molecular weight is 332 g/mol. The van der Waals surface area contributed by atoms with Gasteiger partial charge in [0.2, 0.25) is 0 Å². The Hall–Kier alpha value is -2.58. The molecule has 0 radical (unpaired) electrons. The lowest BCUT2D eigenvalue weighted by Crippen LogP contribution is -2.35. The van der Waals surface area contributed by atoms with Gasteiger partial charge in [-0.2, -0.15) is 0 Å². The smallest absolute Gasteiger partial charge is 0.118 e. The van der Waals surface area contributed by atoms with Crippen LogP contribution in [0.1, 0.15) is 23.1 Å². The molecule has 2 heteroatoms. The Bertz CT molecular complexity index is 740. The van der Waals surface area contributed by atoms with Crippen LogP contribution in [0, 0.1) is 0 Å². The molecular weight excluding hydrogens is 308 g/mol. The first-order valence-electron chi connectivity index (χ1n) is 8.72. The van der Waals surface area contributed by atoms with Crippen LogP contribution in [0.2, 0.25) is 0 Å². The van der Waals surface area contributed by atoms with E-state index >= 15 is 0 Å². The van der Waals surface area contributed by atoms with Crippen LogP contribution in [-0.4, -0.2) is 15.8 Å². The molecule has 0 aliphatic carbocycles. The molecule has 3 rings (SSSR count). The lowest BCUT2D eigenvalue weighted by Gasteiger charge is -2.29. The number of hydrogen-bond acceptors (Lipinski definition) is 2. The number of aliphatic hydroxyl groups is 1. The third-order valence-electron chi connectivity index (χ3n) is 4.60. The molecule has 0 aliphatic rings.